The van der Waals surface area contributed by atoms with E-state index in [2.05, 4.69) is 49.8 Å². The van der Waals surface area contributed by atoms with Crippen LogP contribution < -0.4 is 10.9 Å². The largest absolute Gasteiger partial charge is 0.494 e. The highest BCUT2D eigenvalue weighted by Crippen LogP contribution is 2.36. The number of carbonyl (C=O) groups is 1. The number of ether oxygens (including phenoxy) is 1. The van der Waals surface area contributed by atoms with Gasteiger partial charge in [-0.15, -0.1) is 0 Å². The number of hydrogen-bond acceptors (Lipinski definition) is 5. The van der Waals surface area contributed by atoms with Gasteiger partial charge in [0.1, 0.15) is 11.0 Å². The topological polar surface area (TPSA) is 76.7 Å². The maximum Gasteiger partial charge on any atom is 0.494 e. The van der Waals surface area contributed by atoms with Gasteiger partial charge >= 0.3 is 13.2 Å². The van der Waals surface area contributed by atoms with Crippen LogP contribution in [0.5, 0.6) is 0 Å². The molecule has 2 aromatic rings. The molecule has 172 valence electrons. The number of H-pyrrole nitrogens is 1. The zero-order valence-corrected chi connectivity index (χ0v) is 21.3. The van der Waals surface area contributed by atoms with Crippen molar-refractivity contribution in [3.05, 3.63) is 30.5 Å². The molecule has 32 heavy (non-hydrogen) atoms. The molecule has 2 aliphatic rings. The summed E-state index contributed by atoms with van der Waals surface area (Å²) in [6, 6.07) is 9.20. The summed E-state index contributed by atoms with van der Waals surface area (Å²) in [5, 5.41) is 0. The molecule has 9 heteroatoms. The fourth-order valence-electron chi connectivity index (χ4n) is 4.04. The van der Waals surface area contributed by atoms with Gasteiger partial charge in [-0.1, -0.05) is 24.3 Å². The van der Waals surface area contributed by atoms with Crippen LogP contribution in [0, 0.1) is 0 Å². The van der Waals surface area contributed by atoms with Crippen LogP contribution in [0.25, 0.3) is 11.3 Å². The van der Waals surface area contributed by atoms with Gasteiger partial charge in [0.05, 0.1) is 23.1 Å². The van der Waals surface area contributed by atoms with Crippen LogP contribution in [0.15, 0.2) is 30.5 Å². The van der Waals surface area contributed by atoms with E-state index in [0.717, 1.165) is 41.2 Å². The number of carbonyl (C=O) groups excluding carboxylic acids is 1. The number of benzene rings is 1. The maximum atomic E-state index is 12.6. The molecule has 0 spiro atoms. The lowest BCUT2D eigenvalue weighted by Crippen LogP contribution is -2.50. The minimum Gasteiger partial charge on any atom is -0.444 e. The number of nitrogens with zero attached hydrogens (tertiary/aromatic N) is 2. The van der Waals surface area contributed by atoms with E-state index < -0.39 is 14.6 Å². The molecule has 1 aromatic heterocycles. The Labute approximate surface area is 192 Å². The number of amides is 1. The van der Waals surface area contributed by atoms with Crippen molar-refractivity contribution in [3.63, 3.8) is 0 Å². The van der Waals surface area contributed by atoms with Crippen molar-refractivity contribution in [2.24, 2.45) is 0 Å². The molecule has 2 saturated heterocycles. The zero-order chi connectivity index (χ0) is 23.3. The molecule has 0 unspecified atom stereocenters. The Morgan fingerprint density at radius 2 is 1.78 bits per heavy atom. The maximum absolute atomic E-state index is 12.6. The minimum absolute atomic E-state index is 0.226. The van der Waals surface area contributed by atoms with Gasteiger partial charge in [0.25, 0.3) is 0 Å². The molecule has 2 aliphatic heterocycles. The highest BCUT2D eigenvalue weighted by Gasteiger charge is 2.51. The molecular formula is C23H34BN3O4Si. The average Bonchev–Trinajstić information content (AvgIpc) is 3.38. The second kappa shape index (κ2) is 8.04. The number of rotatable bonds is 3. The van der Waals surface area contributed by atoms with Crippen LogP contribution in [-0.4, -0.2) is 60.1 Å². The first-order valence-electron chi connectivity index (χ1n) is 11.4. The summed E-state index contributed by atoms with van der Waals surface area (Å²) < 4.78 is 19.8. The summed E-state index contributed by atoms with van der Waals surface area (Å²) in [5.41, 5.74) is 2.70. The standard InChI is InChI=1S/C23H34BN3O4Si/c1-21(2,3)29-20(28)27-13-8-14-32(27)19-25-15-18(26-19)16-9-11-17(12-10-16)24-30-22(4,5)23(6,7)31-24/h9-12,15,32H,8,13-14H2,1-7H3,(H,25,26)/t32-/m0/s1. The lowest BCUT2D eigenvalue weighted by molar-refractivity contribution is 0.00578. The first-order valence-corrected chi connectivity index (χ1v) is 13.3. The molecule has 0 bridgehead atoms. The molecule has 1 amide bonds. The lowest BCUT2D eigenvalue weighted by Gasteiger charge is -2.32. The number of nitrogens with one attached hydrogen (secondary N) is 1. The molecular weight excluding hydrogens is 421 g/mol. The van der Waals surface area contributed by atoms with Crippen LogP contribution in [0.3, 0.4) is 0 Å². The summed E-state index contributed by atoms with van der Waals surface area (Å²) in [5.74, 6) is 0. The Hall–Kier alpha value is -2.10. The summed E-state index contributed by atoms with van der Waals surface area (Å²) >= 11 is 0. The Morgan fingerprint density at radius 1 is 1.16 bits per heavy atom. The highest BCUT2D eigenvalue weighted by molar-refractivity contribution is 6.71. The van der Waals surface area contributed by atoms with Crippen molar-refractivity contribution in [2.45, 2.75) is 77.7 Å². The zero-order valence-electron chi connectivity index (χ0n) is 20.2. The predicted molar refractivity (Wildman–Crippen MR) is 129 cm³/mol. The first kappa shape index (κ1) is 23.1. The van der Waals surface area contributed by atoms with E-state index in [1.54, 1.807) is 0 Å². The van der Waals surface area contributed by atoms with Crippen LogP contribution in [0.2, 0.25) is 6.04 Å². The Balaban J connectivity index is 1.48. The van der Waals surface area contributed by atoms with E-state index in [-0.39, 0.29) is 24.4 Å². The van der Waals surface area contributed by atoms with E-state index in [9.17, 15) is 4.79 Å². The van der Waals surface area contributed by atoms with Crippen LogP contribution >= 0.6 is 0 Å². The van der Waals surface area contributed by atoms with E-state index >= 15 is 0 Å². The van der Waals surface area contributed by atoms with Gasteiger partial charge < -0.3 is 23.6 Å². The Bertz CT molecular complexity index is 968. The molecule has 7 nitrogen and oxygen atoms in total. The van der Waals surface area contributed by atoms with E-state index in [1.807, 2.05) is 43.7 Å². The van der Waals surface area contributed by atoms with E-state index in [4.69, 9.17) is 14.0 Å². The summed E-state index contributed by atoms with van der Waals surface area (Å²) in [4.78, 5) is 20.8. The van der Waals surface area contributed by atoms with Gasteiger partial charge in [-0.25, -0.2) is 9.78 Å². The number of aromatic amines is 1. The Kier molecular flexibility index (Phi) is 5.80. The third-order valence-electron chi connectivity index (χ3n) is 6.54. The number of aromatic nitrogens is 2. The molecule has 0 aliphatic carbocycles. The predicted octanol–water partition coefficient (Wildman–Crippen LogP) is 2.95. The van der Waals surface area contributed by atoms with E-state index in [0.29, 0.717) is 0 Å². The number of imidazole rings is 1. The van der Waals surface area contributed by atoms with Crippen molar-refractivity contribution < 1.29 is 18.8 Å². The van der Waals surface area contributed by atoms with Crippen molar-refractivity contribution >= 4 is 33.1 Å². The quantitative estimate of drug-likeness (QED) is 0.721. The highest BCUT2D eigenvalue weighted by atomic mass is 28.3. The van der Waals surface area contributed by atoms with E-state index in [1.165, 1.54) is 0 Å². The molecule has 0 saturated carbocycles. The molecule has 3 heterocycles. The van der Waals surface area contributed by atoms with Crippen molar-refractivity contribution in [2.75, 3.05) is 6.54 Å². The van der Waals surface area contributed by atoms with Gasteiger partial charge in [0, 0.05) is 6.54 Å². The van der Waals surface area contributed by atoms with Crippen molar-refractivity contribution in [1.29, 1.82) is 0 Å². The Morgan fingerprint density at radius 3 is 2.38 bits per heavy atom. The minimum atomic E-state index is -1.71. The van der Waals surface area contributed by atoms with Gasteiger partial charge in [-0.2, -0.15) is 0 Å². The fourth-order valence-corrected chi connectivity index (χ4v) is 6.86. The van der Waals surface area contributed by atoms with Crippen molar-refractivity contribution in [1.82, 2.24) is 14.5 Å². The van der Waals surface area contributed by atoms with Crippen LogP contribution in [0.4, 0.5) is 4.79 Å². The average molecular weight is 455 g/mol. The second-order valence-electron chi connectivity index (χ2n) is 10.7. The lowest BCUT2D eigenvalue weighted by atomic mass is 9.79. The fraction of sp³-hybridized carbons (Fsp3) is 0.565. The summed E-state index contributed by atoms with van der Waals surface area (Å²) in [6.07, 6.45) is 2.63. The smallest absolute Gasteiger partial charge is 0.444 e. The second-order valence-corrected chi connectivity index (χ2v) is 13.5. The molecule has 0 radical (unpaired) electrons. The third-order valence-corrected chi connectivity index (χ3v) is 9.64. The third kappa shape index (κ3) is 4.51. The van der Waals surface area contributed by atoms with Crippen molar-refractivity contribution in [3.8, 4) is 11.3 Å². The molecule has 2 fully saturated rings. The molecule has 1 N–H and O–H groups in total. The number of hydrogen-bond donors (Lipinski definition) is 1. The SMILES string of the molecule is CC(C)(C)OC(=O)N1CCC[Si@H]1c1ncc(-c2ccc(B3OC(C)(C)C(C)(C)O3)cc2)[nH]1. The molecule has 1 atom stereocenters. The van der Waals surface area contributed by atoms with Gasteiger partial charge in [-0.05, 0) is 72.0 Å². The van der Waals surface area contributed by atoms with Gasteiger partial charge in [0.15, 0.2) is 0 Å². The summed E-state index contributed by atoms with van der Waals surface area (Å²) in [7, 11) is -2.09. The summed E-state index contributed by atoms with van der Waals surface area (Å²) in [6.45, 7) is 14.7. The van der Waals surface area contributed by atoms with Gasteiger partial charge in [0.2, 0.25) is 8.96 Å². The molecule has 4 rings (SSSR count). The normalized spacial score (nSPS) is 22.4. The van der Waals surface area contributed by atoms with Crippen LogP contribution in [-0.2, 0) is 14.0 Å². The molecule has 1 aromatic carbocycles. The van der Waals surface area contributed by atoms with Gasteiger partial charge in [-0.3, -0.25) is 0 Å². The monoisotopic (exact) mass is 455 g/mol. The van der Waals surface area contributed by atoms with Crippen LogP contribution in [0.1, 0.15) is 54.9 Å². The first-order chi connectivity index (χ1) is 14.9.